The number of fused-ring (bicyclic) bond motifs is 1. The standard InChI is InChI=1S/C10H10BrCl/c11-6-8-2-1-7-5-9(12)3-4-10(7)8/h3-5,8H,1-2,6H2. The molecule has 1 unspecified atom stereocenters. The summed E-state index contributed by atoms with van der Waals surface area (Å²) in [6.45, 7) is 0. The molecule has 0 saturated heterocycles. The van der Waals surface area contributed by atoms with Gasteiger partial charge in [-0.2, -0.15) is 0 Å². The Morgan fingerprint density at radius 2 is 2.33 bits per heavy atom. The predicted molar refractivity (Wildman–Crippen MR) is 56.3 cm³/mol. The number of hydrogen-bond donors (Lipinski definition) is 0. The summed E-state index contributed by atoms with van der Waals surface area (Å²) < 4.78 is 0. The van der Waals surface area contributed by atoms with E-state index in [-0.39, 0.29) is 0 Å². The molecule has 0 aliphatic heterocycles. The Labute approximate surface area is 86.1 Å². The van der Waals surface area contributed by atoms with E-state index in [0.29, 0.717) is 5.92 Å². The van der Waals surface area contributed by atoms with Crippen LogP contribution in [0.15, 0.2) is 18.2 Å². The molecule has 2 heteroatoms. The Hall–Kier alpha value is -0.0100. The van der Waals surface area contributed by atoms with Crippen molar-refractivity contribution in [3.05, 3.63) is 34.3 Å². The van der Waals surface area contributed by atoms with Crippen molar-refractivity contribution in [1.29, 1.82) is 0 Å². The highest BCUT2D eigenvalue weighted by atomic mass is 79.9. The molecule has 0 spiro atoms. The Bertz CT molecular complexity index is 296. The van der Waals surface area contributed by atoms with Crippen molar-refractivity contribution in [3.8, 4) is 0 Å². The topological polar surface area (TPSA) is 0 Å². The Morgan fingerprint density at radius 3 is 3.08 bits per heavy atom. The van der Waals surface area contributed by atoms with Crippen LogP contribution in [-0.4, -0.2) is 5.33 Å². The van der Waals surface area contributed by atoms with Crippen molar-refractivity contribution in [2.45, 2.75) is 18.8 Å². The van der Waals surface area contributed by atoms with Crippen molar-refractivity contribution in [2.24, 2.45) is 0 Å². The third-order valence-electron chi connectivity index (χ3n) is 2.49. The molecule has 0 bridgehead atoms. The molecule has 0 saturated carbocycles. The highest BCUT2D eigenvalue weighted by Crippen LogP contribution is 2.35. The Balaban J connectivity index is 2.40. The van der Waals surface area contributed by atoms with Crippen LogP contribution in [0.4, 0.5) is 0 Å². The highest BCUT2D eigenvalue weighted by Gasteiger charge is 2.20. The molecule has 0 amide bonds. The average molecular weight is 246 g/mol. The lowest BCUT2D eigenvalue weighted by Gasteiger charge is -2.06. The van der Waals surface area contributed by atoms with Crippen LogP contribution in [-0.2, 0) is 6.42 Å². The minimum atomic E-state index is 0.706. The quantitative estimate of drug-likeness (QED) is 0.661. The zero-order valence-electron chi connectivity index (χ0n) is 6.69. The predicted octanol–water partition coefficient (Wildman–Crippen LogP) is 3.76. The van der Waals surface area contributed by atoms with Gasteiger partial charge in [-0.3, -0.25) is 0 Å². The van der Waals surface area contributed by atoms with Crippen molar-refractivity contribution in [2.75, 3.05) is 5.33 Å². The van der Waals surface area contributed by atoms with Crippen molar-refractivity contribution in [3.63, 3.8) is 0 Å². The largest absolute Gasteiger partial charge is 0.0921 e. The van der Waals surface area contributed by atoms with E-state index in [2.05, 4.69) is 28.1 Å². The molecule has 1 aliphatic carbocycles. The van der Waals surface area contributed by atoms with Gasteiger partial charge in [-0.25, -0.2) is 0 Å². The van der Waals surface area contributed by atoms with Gasteiger partial charge in [-0.1, -0.05) is 33.6 Å². The molecule has 64 valence electrons. The van der Waals surface area contributed by atoms with E-state index in [1.54, 1.807) is 0 Å². The molecule has 1 aliphatic rings. The maximum atomic E-state index is 5.90. The van der Waals surface area contributed by atoms with Crippen LogP contribution >= 0.6 is 27.5 Å². The van der Waals surface area contributed by atoms with Gasteiger partial charge >= 0.3 is 0 Å². The van der Waals surface area contributed by atoms with Crippen molar-refractivity contribution >= 4 is 27.5 Å². The van der Waals surface area contributed by atoms with E-state index in [9.17, 15) is 0 Å². The van der Waals surface area contributed by atoms with Crippen LogP contribution in [0.3, 0.4) is 0 Å². The van der Waals surface area contributed by atoms with Gasteiger partial charge in [-0.15, -0.1) is 0 Å². The van der Waals surface area contributed by atoms with Crippen molar-refractivity contribution < 1.29 is 0 Å². The van der Waals surface area contributed by atoms with E-state index in [1.165, 1.54) is 24.0 Å². The first-order chi connectivity index (χ1) is 5.81. The van der Waals surface area contributed by atoms with Crippen LogP contribution in [0, 0.1) is 0 Å². The van der Waals surface area contributed by atoms with Crippen molar-refractivity contribution in [1.82, 2.24) is 0 Å². The average Bonchev–Trinajstić information content (AvgIpc) is 2.46. The first-order valence-corrected chi connectivity index (χ1v) is 5.65. The number of benzene rings is 1. The summed E-state index contributed by atoms with van der Waals surface area (Å²) in [5.41, 5.74) is 2.92. The molecule has 1 atom stereocenters. The molecule has 0 N–H and O–H groups in total. The van der Waals surface area contributed by atoms with E-state index >= 15 is 0 Å². The molecule has 1 aromatic carbocycles. The number of rotatable bonds is 1. The minimum Gasteiger partial charge on any atom is -0.0921 e. The fourth-order valence-corrected chi connectivity index (χ4v) is 2.70. The fraction of sp³-hybridized carbons (Fsp3) is 0.400. The van der Waals surface area contributed by atoms with Gasteiger partial charge in [0, 0.05) is 10.4 Å². The Morgan fingerprint density at radius 1 is 1.50 bits per heavy atom. The van der Waals surface area contributed by atoms with E-state index in [0.717, 1.165) is 10.4 Å². The zero-order chi connectivity index (χ0) is 8.55. The second-order valence-corrected chi connectivity index (χ2v) is 4.32. The van der Waals surface area contributed by atoms with Crippen LogP contribution in [0.5, 0.6) is 0 Å². The summed E-state index contributed by atoms with van der Waals surface area (Å²) in [4.78, 5) is 0. The summed E-state index contributed by atoms with van der Waals surface area (Å²) in [5.74, 6) is 0.706. The molecule has 0 nitrogen and oxygen atoms in total. The molecular formula is C10H10BrCl. The molecule has 0 fully saturated rings. The van der Waals surface area contributed by atoms with Crippen LogP contribution in [0.25, 0.3) is 0 Å². The van der Waals surface area contributed by atoms with Crippen LogP contribution in [0.1, 0.15) is 23.5 Å². The summed E-state index contributed by atoms with van der Waals surface area (Å²) in [6, 6.07) is 6.25. The summed E-state index contributed by atoms with van der Waals surface area (Å²) in [6.07, 6.45) is 2.45. The normalized spacial score (nSPS) is 21.0. The monoisotopic (exact) mass is 244 g/mol. The second-order valence-electron chi connectivity index (χ2n) is 3.23. The fourth-order valence-electron chi connectivity index (χ4n) is 1.83. The van der Waals surface area contributed by atoms with Gasteiger partial charge in [0.1, 0.15) is 0 Å². The van der Waals surface area contributed by atoms with Crippen LogP contribution in [0.2, 0.25) is 5.02 Å². The zero-order valence-corrected chi connectivity index (χ0v) is 9.03. The van der Waals surface area contributed by atoms with Gasteiger partial charge in [-0.05, 0) is 42.0 Å². The number of halogens is 2. The SMILES string of the molecule is Clc1ccc2c(c1)CCC2CBr. The van der Waals surface area contributed by atoms with Gasteiger partial charge < -0.3 is 0 Å². The third kappa shape index (κ3) is 1.40. The third-order valence-corrected chi connectivity index (χ3v) is 3.51. The van der Waals surface area contributed by atoms with Gasteiger partial charge in [0.05, 0.1) is 0 Å². The number of aryl methyl sites for hydroxylation is 1. The number of hydrogen-bond acceptors (Lipinski definition) is 0. The lowest BCUT2D eigenvalue weighted by atomic mass is 10.0. The van der Waals surface area contributed by atoms with E-state index < -0.39 is 0 Å². The number of alkyl halides is 1. The van der Waals surface area contributed by atoms with E-state index in [4.69, 9.17) is 11.6 Å². The maximum absolute atomic E-state index is 5.90. The molecule has 0 radical (unpaired) electrons. The molecule has 0 aromatic heterocycles. The first-order valence-electron chi connectivity index (χ1n) is 4.15. The Kier molecular flexibility index (Phi) is 2.42. The first kappa shape index (κ1) is 8.58. The van der Waals surface area contributed by atoms with Gasteiger partial charge in [0.25, 0.3) is 0 Å². The van der Waals surface area contributed by atoms with Crippen LogP contribution < -0.4 is 0 Å². The molecule has 1 aromatic rings. The maximum Gasteiger partial charge on any atom is 0.0408 e. The minimum absolute atomic E-state index is 0.706. The highest BCUT2D eigenvalue weighted by molar-refractivity contribution is 9.09. The van der Waals surface area contributed by atoms with E-state index in [1.807, 2.05) is 6.07 Å². The van der Waals surface area contributed by atoms with Gasteiger partial charge in [0.15, 0.2) is 0 Å². The molecule has 12 heavy (non-hydrogen) atoms. The molecule has 2 rings (SSSR count). The lowest BCUT2D eigenvalue weighted by molar-refractivity contribution is 0.762. The molecule has 0 heterocycles. The summed E-state index contributed by atoms with van der Waals surface area (Å²) in [5, 5.41) is 1.94. The summed E-state index contributed by atoms with van der Waals surface area (Å²) in [7, 11) is 0. The molecular weight excluding hydrogens is 235 g/mol. The summed E-state index contributed by atoms with van der Waals surface area (Å²) >= 11 is 9.43. The lowest BCUT2D eigenvalue weighted by Crippen LogP contribution is -1.92. The smallest absolute Gasteiger partial charge is 0.0408 e. The van der Waals surface area contributed by atoms with Gasteiger partial charge in [0.2, 0.25) is 0 Å². The second kappa shape index (κ2) is 3.39.